The molecule has 0 radical (unpaired) electrons. The van der Waals surface area contributed by atoms with Gasteiger partial charge in [0.15, 0.2) is 0 Å². The summed E-state index contributed by atoms with van der Waals surface area (Å²) in [5, 5.41) is 13.1. The Morgan fingerprint density at radius 2 is 2.28 bits per heavy atom. The quantitative estimate of drug-likeness (QED) is 0.833. The molecular formula is C12H12N4O2. The second-order valence-corrected chi connectivity index (χ2v) is 4.17. The van der Waals surface area contributed by atoms with E-state index in [1.165, 1.54) is 0 Å². The van der Waals surface area contributed by atoms with Crippen LogP contribution in [-0.2, 0) is 11.2 Å². The number of aromatic nitrogens is 2. The first-order valence-electron chi connectivity index (χ1n) is 5.68. The molecule has 3 rings (SSSR count). The van der Waals surface area contributed by atoms with Gasteiger partial charge in [0.05, 0.1) is 0 Å². The van der Waals surface area contributed by atoms with Gasteiger partial charge in [0, 0.05) is 19.0 Å². The molecule has 6 nitrogen and oxygen atoms in total. The van der Waals surface area contributed by atoms with Crippen molar-refractivity contribution in [2.24, 2.45) is 0 Å². The van der Waals surface area contributed by atoms with Crippen molar-refractivity contribution in [3.8, 4) is 0 Å². The highest BCUT2D eigenvalue weighted by atomic mass is 16.4. The summed E-state index contributed by atoms with van der Waals surface area (Å²) >= 11 is 0. The van der Waals surface area contributed by atoms with Gasteiger partial charge in [0.1, 0.15) is 6.04 Å². The van der Waals surface area contributed by atoms with Gasteiger partial charge in [0.2, 0.25) is 5.89 Å². The molecule has 1 aliphatic heterocycles. The zero-order valence-electron chi connectivity index (χ0n) is 9.80. The third kappa shape index (κ3) is 1.92. The molecule has 1 aromatic carbocycles. The largest absolute Gasteiger partial charge is 0.408 e. The molecule has 0 spiro atoms. The lowest BCUT2D eigenvalue weighted by atomic mass is 10.1. The Balaban J connectivity index is 1.69. The molecule has 18 heavy (non-hydrogen) atoms. The fraction of sp³-hybridized carbons (Fsp3) is 0.250. The fourth-order valence-electron chi connectivity index (χ4n) is 2.00. The summed E-state index contributed by atoms with van der Waals surface area (Å²) in [7, 11) is 0. The third-order valence-corrected chi connectivity index (χ3v) is 2.84. The van der Waals surface area contributed by atoms with Crippen molar-refractivity contribution in [2.45, 2.75) is 19.4 Å². The van der Waals surface area contributed by atoms with Gasteiger partial charge in [-0.3, -0.25) is 10.1 Å². The number of carbonyl (C=O) groups is 1. The maximum absolute atomic E-state index is 12.0. The predicted octanol–water partition coefficient (Wildman–Crippen LogP) is 1.35. The Labute approximate surface area is 103 Å². The van der Waals surface area contributed by atoms with Crippen LogP contribution in [-0.4, -0.2) is 22.1 Å². The van der Waals surface area contributed by atoms with E-state index in [0.717, 1.165) is 11.3 Å². The standard InChI is InChI=1S/C12H12N4O2/c1-7-15-16-12(18-7)14-11(17)10-6-8-4-2-3-5-9(8)13-10/h2-5,10,13H,6H2,1H3,(H,14,16,17)/t10-/m0/s1. The first-order chi connectivity index (χ1) is 8.72. The number of benzene rings is 1. The molecule has 0 saturated carbocycles. The maximum Gasteiger partial charge on any atom is 0.322 e. The van der Waals surface area contributed by atoms with Gasteiger partial charge in [-0.25, -0.2) is 0 Å². The number of carbonyl (C=O) groups excluding carboxylic acids is 1. The summed E-state index contributed by atoms with van der Waals surface area (Å²) in [5.74, 6) is 0.253. The lowest BCUT2D eigenvalue weighted by Crippen LogP contribution is -2.32. The summed E-state index contributed by atoms with van der Waals surface area (Å²) in [4.78, 5) is 12.0. The second kappa shape index (κ2) is 4.14. The topological polar surface area (TPSA) is 80.0 Å². The average Bonchev–Trinajstić information content (AvgIpc) is 2.95. The van der Waals surface area contributed by atoms with E-state index in [1.807, 2.05) is 24.3 Å². The lowest BCUT2D eigenvalue weighted by molar-refractivity contribution is -0.116. The third-order valence-electron chi connectivity index (χ3n) is 2.84. The molecule has 92 valence electrons. The van der Waals surface area contributed by atoms with Gasteiger partial charge in [-0.1, -0.05) is 23.3 Å². The number of rotatable bonds is 2. The maximum atomic E-state index is 12.0. The van der Waals surface area contributed by atoms with E-state index in [1.54, 1.807) is 6.92 Å². The molecule has 2 N–H and O–H groups in total. The van der Waals surface area contributed by atoms with E-state index in [9.17, 15) is 4.79 Å². The van der Waals surface area contributed by atoms with Gasteiger partial charge in [0.25, 0.3) is 5.91 Å². The van der Waals surface area contributed by atoms with Crippen LogP contribution in [0.5, 0.6) is 0 Å². The SMILES string of the molecule is Cc1nnc(NC(=O)[C@@H]2Cc3ccccc3N2)o1. The number of amides is 1. The monoisotopic (exact) mass is 244 g/mol. The van der Waals surface area contributed by atoms with Crippen molar-refractivity contribution in [3.05, 3.63) is 35.7 Å². The van der Waals surface area contributed by atoms with Gasteiger partial charge in [-0.05, 0) is 11.6 Å². The first-order valence-corrected chi connectivity index (χ1v) is 5.68. The molecule has 0 saturated heterocycles. The number of aryl methyl sites for hydroxylation is 1. The molecule has 1 aliphatic rings. The Morgan fingerprint density at radius 3 is 3.00 bits per heavy atom. The highest BCUT2D eigenvalue weighted by molar-refractivity contribution is 5.96. The van der Waals surface area contributed by atoms with Crippen LogP contribution in [0.3, 0.4) is 0 Å². The second-order valence-electron chi connectivity index (χ2n) is 4.17. The molecule has 1 aromatic heterocycles. The smallest absolute Gasteiger partial charge is 0.322 e. The van der Waals surface area contributed by atoms with Crippen LogP contribution in [0.2, 0.25) is 0 Å². The summed E-state index contributed by atoms with van der Waals surface area (Å²) in [6.07, 6.45) is 0.662. The molecule has 0 bridgehead atoms. The minimum absolute atomic E-state index is 0.134. The number of hydrogen-bond acceptors (Lipinski definition) is 5. The van der Waals surface area contributed by atoms with Gasteiger partial charge >= 0.3 is 6.01 Å². The van der Waals surface area contributed by atoms with Crippen LogP contribution >= 0.6 is 0 Å². The van der Waals surface area contributed by atoms with Crippen LogP contribution in [0.25, 0.3) is 0 Å². The van der Waals surface area contributed by atoms with E-state index < -0.39 is 0 Å². The van der Waals surface area contributed by atoms with E-state index in [-0.39, 0.29) is 18.0 Å². The first kappa shape index (κ1) is 10.8. The highest BCUT2D eigenvalue weighted by Gasteiger charge is 2.27. The molecule has 2 aromatic rings. The van der Waals surface area contributed by atoms with Crippen LogP contribution in [0, 0.1) is 6.92 Å². The number of anilines is 2. The summed E-state index contributed by atoms with van der Waals surface area (Å²) in [5.41, 5.74) is 2.14. The number of nitrogens with one attached hydrogen (secondary N) is 2. The van der Waals surface area contributed by atoms with Crippen molar-refractivity contribution in [2.75, 3.05) is 10.6 Å². The van der Waals surface area contributed by atoms with Crippen LogP contribution in [0.4, 0.5) is 11.7 Å². The van der Waals surface area contributed by atoms with Crippen LogP contribution < -0.4 is 10.6 Å². The fourth-order valence-corrected chi connectivity index (χ4v) is 2.00. The minimum Gasteiger partial charge on any atom is -0.408 e. The zero-order valence-corrected chi connectivity index (χ0v) is 9.80. The molecule has 0 aliphatic carbocycles. The molecule has 2 heterocycles. The lowest BCUT2D eigenvalue weighted by Gasteiger charge is -2.08. The van der Waals surface area contributed by atoms with Gasteiger partial charge < -0.3 is 9.73 Å². The molecule has 6 heteroatoms. The van der Waals surface area contributed by atoms with E-state index >= 15 is 0 Å². The summed E-state index contributed by atoms with van der Waals surface area (Å²) in [6.45, 7) is 1.67. The van der Waals surface area contributed by atoms with Crippen molar-refractivity contribution in [3.63, 3.8) is 0 Å². The van der Waals surface area contributed by atoms with Crippen molar-refractivity contribution < 1.29 is 9.21 Å². The zero-order chi connectivity index (χ0) is 12.5. The minimum atomic E-state index is -0.297. The average molecular weight is 244 g/mol. The molecule has 0 unspecified atom stereocenters. The van der Waals surface area contributed by atoms with Crippen LogP contribution in [0.15, 0.2) is 28.7 Å². The number of nitrogens with zero attached hydrogens (tertiary/aromatic N) is 2. The Morgan fingerprint density at radius 1 is 1.44 bits per heavy atom. The molecular weight excluding hydrogens is 232 g/mol. The van der Waals surface area contributed by atoms with Crippen LogP contribution in [0.1, 0.15) is 11.5 Å². The predicted molar refractivity (Wildman–Crippen MR) is 65.2 cm³/mol. The van der Waals surface area contributed by atoms with Gasteiger partial charge in [-0.15, -0.1) is 5.10 Å². The molecule has 1 amide bonds. The molecule has 0 fully saturated rings. The normalized spacial score (nSPS) is 17.1. The number of hydrogen-bond donors (Lipinski definition) is 2. The Kier molecular flexibility index (Phi) is 2.47. The number of fused-ring (bicyclic) bond motifs is 1. The summed E-state index contributed by atoms with van der Waals surface area (Å²) < 4.78 is 5.11. The number of para-hydroxylation sites is 1. The Bertz CT molecular complexity index is 568. The summed E-state index contributed by atoms with van der Waals surface area (Å²) in [6, 6.07) is 7.70. The van der Waals surface area contributed by atoms with E-state index in [4.69, 9.17) is 4.42 Å². The van der Waals surface area contributed by atoms with Crippen molar-refractivity contribution in [1.82, 2.24) is 10.2 Å². The highest BCUT2D eigenvalue weighted by Crippen LogP contribution is 2.25. The van der Waals surface area contributed by atoms with E-state index in [2.05, 4.69) is 20.8 Å². The van der Waals surface area contributed by atoms with Gasteiger partial charge in [-0.2, -0.15) is 0 Å². The Hall–Kier alpha value is -2.37. The van der Waals surface area contributed by atoms with E-state index in [0.29, 0.717) is 12.3 Å². The van der Waals surface area contributed by atoms with Crippen molar-refractivity contribution >= 4 is 17.6 Å². The van der Waals surface area contributed by atoms with Crippen molar-refractivity contribution in [1.29, 1.82) is 0 Å². The molecule has 1 atom stereocenters.